The van der Waals surface area contributed by atoms with Crippen molar-refractivity contribution >= 4 is 10.0 Å². The normalized spacial score (nSPS) is 23.2. The Hall–Kier alpha value is -0.990. The number of hydrogen-bond acceptors (Lipinski definition) is 6. The number of sulfonamides is 1. The Kier molecular flexibility index (Phi) is 4.79. The fourth-order valence-corrected chi connectivity index (χ4v) is 3.75. The van der Waals surface area contributed by atoms with Gasteiger partial charge >= 0.3 is 0 Å². The van der Waals surface area contributed by atoms with Gasteiger partial charge in [-0.25, -0.2) is 12.7 Å². The zero-order chi connectivity index (χ0) is 15.6. The van der Waals surface area contributed by atoms with Gasteiger partial charge in [-0.1, -0.05) is 5.16 Å². The smallest absolute Gasteiger partial charge is 0.231 e. The van der Waals surface area contributed by atoms with E-state index in [1.807, 2.05) is 0 Å². The van der Waals surface area contributed by atoms with Gasteiger partial charge in [-0.15, -0.1) is 0 Å². The monoisotopic (exact) mass is 329 g/mol. The summed E-state index contributed by atoms with van der Waals surface area (Å²) >= 11 is 0. The van der Waals surface area contributed by atoms with E-state index in [-0.39, 0.29) is 11.7 Å². The molecule has 0 bridgehead atoms. The second-order valence-electron chi connectivity index (χ2n) is 6.06. The largest absolute Gasteiger partial charge is 0.381 e. The zero-order valence-corrected chi connectivity index (χ0v) is 13.7. The van der Waals surface area contributed by atoms with Crippen molar-refractivity contribution in [1.29, 1.82) is 0 Å². The van der Waals surface area contributed by atoms with Gasteiger partial charge in [-0.05, 0) is 32.1 Å². The summed E-state index contributed by atoms with van der Waals surface area (Å²) in [6.45, 7) is 4.07. The number of aromatic nitrogens is 2. The lowest BCUT2D eigenvalue weighted by atomic mass is 10.1. The van der Waals surface area contributed by atoms with Gasteiger partial charge in [0.15, 0.2) is 5.82 Å². The molecule has 2 aliphatic rings. The Balaban J connectivity index is 1.48. The lowest BCUT2D eigenvalue weighted by molar-refractivity contribution is 0.125. The minimum absolute atomic E-state index is 0.00922. The van der Waals surface area contributed by atoms with Crippen molar-refractivity contribution in [3.8, 4) is 0 Å². The van der Waals surface area contributed by atoms with Crippen molar-refractivity contribution < 1.29 is 17.7 Å². The first-order valence-electron chi connectivity index (χ1n) is 7.96. The molecule has 0 spiro atoms. The molecule has 2 fully saturated rings. The Bertz CT molecular complexity index is 597. The number of rotatable bonds is 8. The quantitative estimate of drug-likeness (QED) is 0.666. The van der Waals surface area contributed by atoms with Crippen LogP contribution in [0, 0.1) is 5.92 Å². The van der Waals surface area contributed by atoms with Crippen molar-refractivity contribution in [1.82, 2.24) is 14.4 Å². The molecule has 0 N–H and O–H groups in total. The fourth-order valence-electron chi connectivity index (χ4n) is 2.60. The van der Waals surface area contributed by atoms with Gasteiger partial charge in [0.05, 0.1) is 18.3 Å². The van der Waals surface area contributed by atoms with Crippen molar-refractivity contribution in [2.75, 3.05) is 32.1 Å². The molecule has 7 nitrogen and oxygen atoms in total. The summed E-state index contributed by atoms with van der Waals surface area (Å²) in [5, 5.41) is 3.97. The molecule has 1 unspecified atom stereocenters. The molecule has 8 heteroatoms. The molecule has 22 heavy (non-hydrogen) atoms. The van der Waals surface area contributed by atoms with Crippen LogP contribution in [0.1, 0.15) is 43.8 Å². The van der Waals surface area contributed by atoms with Gasteiger partial charge in [-0.3, -0.25) is 0 Å². The highest BCUT2D eigenvalue weighted by Crippen LogP contribution is 2.29. The molecule has 1 aliphatic heterocycles. The number of ether oxygens (including phenoxy) is 1. The Morgan fingerprint density at radius 3 is 2.91 bits per heavy atom. The van der Waals surface area contributed by atoms with E-state index in [2.05, 4.69) is 10.1 Å². The molecule has 0 radical (unpaired) electrons. The van der Waals surface area contributed by atoms with Crippen molar-refractivity contribution in [3.63, 3.8) is 0 Å². The average molecular weight is 329 g/mol. The minimum Gasteiger partial charge on any atom is -0.381 e. The highest BCUT2D eigenvalue weighted by atomic mass is 32.2. The van der Waals surface area contributed by atoms with Crippen LogP contribution in [-0.2, 0) is 21.2 Å². The maximum atomic E-state index is 11.9. The highest BCUT2D eigenvalue weighted by Gasteiger charge is 2.34. The van der Waals surface area contributed by atoms with Gasteiger partial charge in [0.2, 0.25) is 15.9 Å². The first-order valence-corrected chi connectivity index (χ1v) is 9.57. The van der Waals surface area contributed by atoms with Crippen molar-refractivity contribution in [2.45, 2.75) is 38.5 Å². The molecule has 1 aromatic heterocycles. The molecule has 1 atom stereocenters. The van der Waals surface area contributed by atoms with Crippen LogP contribution in [0.25, 0.3) is 0 Å². The van der Waals surface area contributed by atoms with E-state index < -0.39 is 10.0 Å². The SMILES string of the molecule is CCS(=O)(=O)N1CCC(c2nc(CCOCC3CC3)no2)C1. The third kappa shape index (κ3) is 3.85. The van der Waals surface area contributed by atoms with Crippen LogP contribution in [0.2, 0.25) is 0 Å². The summed E-state index contributed by atoms with van der Waals surface area (Å²) in [6, 6.07) is 0. The van der Waals surface area contributed by atoms with E-state index in [0.29, 0.717) is 37.8 Å². The third-order valence-electron chi connectivity index (χ3n) is 4.26. The van der Waals surface area contributed by atoms with Crippen molar-refractivity contribution in [3.05, 3.63) is 11.7 Å². The zero-order valence-electron chi connectivity index (χ0n) is 12.9. The van der Waals surface area contributed by atoms with E-state index >= 15 is 0 Å². The molecule has 3 rings (SSSR count). The van der Waals surface area contributed by atoms with Crippen LogP contribution in [0.4, 0.5) is 0 Å². The first-order chi connectivity index (χ1) is 10.6. The lowest BCUT2D eigenvalue weighted by Crippen LogP contribution is -2.29. The maximum Gasteiger partial charge on any atom is 0.231 e. The molecular formula is C14H23N3O4S. The molecule has 1 saturated heterocycles. The van der Waals surface area contributed by atoms with Crippen LogP contribution >= 0.6 is 0 Å². The Morgan fingerprint density at radius 2 is 2.18 bits per heavy atom. The van der Waals surface area contributed by atoms with Gasteiger partial charge in [0.1, 0.15) is 0 Å². The predicted octanol–water partition coefficient (Wildman–Crippen LogP) is 1.18. The highest BCUT2D eigenvalue weighted by molar-refractivity contribution is 7.89. The molecule has 1 aromatic rings. The summed E-state index contributed by atoms with van der Waals surface area (Å²) in [7, 11) is -3.13. The van der Waals surface area contributed by atoms with Crippen LogP contribution in [-0.4, -0.2) is 54.9 Å². The average Bonchev–Trinajstić information content (AvgIpc) is 3.02. The molecule has 2 heterocycles. The topological polar surface area (TPSA) is 85.5 Å². The van der Waals surface area contributed by atoms with E-state index in [1.54, 1.807) is 6.92 Å². The standard InChI is InChI=1S/C14H23N3O4S/c1-2-22(18,19)17-7-5-12(9-17)14-15-13(16-21-14)6-8-20-10-11-3-4-11/h11-12H,2-10H2,1H3. The second-order valence-corrected chi connectivity index (χ2v) is 8.32. The molecular weight excluding hydrogens is 306 g/mol. The Morgan fingerprint density at radius 1 is 1.36 bits per heavy atom. The van der Waals surface area contributed by atoms with E-state index in [1.165, 1.54) is 17.1 Å². The van der Waals surface area contributed by atoms with E-state index in [4.69, 9.17) is 9.26 Å². The molecule has 1 aliphatic carbocycles. The van der Waals surface area contributed by atoms with Gasteiger partial charge in [-0.2, -0.15) is 4.98 Å². The lowest BCUT2D eigenvalue weighted by Gasteiger charge is -2.13. The number of hydrogen-bond donors (Lipinski definition) is 0. The molecule has 124 valence electrons. The van der Waals surface area contributed by atoms with Crippen LogP contribution in [0.5, 0.6) is 0 Å². The summed E-state index contributed by atoms with van der Waals surface area (Å²) in [6.07, 6.45) is 3.94. The molecule has 1 saturated carbocycles. The Labute approximate surface area is 131 Å². The molecule has 0 aromatic carbocycles. The third-order valence-corrected chi connectivity index (χ3v) is 6.11. The molecule has 0 amide bonds. The van der Waals surface area contributed by atoms with Crippen LogP contribution in [0.15, 0.2) is 4.52 Å². The predicted molar refractivity (Wildman–Crippen MR) is 79.9 cm³/mol. The maximum absolute atomic E-state index is 11.9. The van der Waals surface area contributed by atoms with Crippen LogP contribution < -0.4 is 0 Å². The van der Waals surface area contributed by atoms with E-state index in [0.717, 1.165) is 18.9 Å². The number of nitrogens with zero attached hydrogens (tertiary/aromatic N) is 3. The van der Waals surface area contributed by atoms with Gasteiger partial charge in [0, 0.05) is 26.1 Å². The van der Waals surface area contributed by atoms with Crippen molar-refractivity contribution in [2.24, 2.45) is 5.92 Å². The first kappa shape index (κ1) is 15.9. The van der Waals surface area contributed by atoms with E-state index in [9.17, 15) is 8.42 Å². The summed E-state index contributed by atoms with van der Waals surface area (Å²) < 4.78 is 36.1. The summed E-state index contributed by atoms with van der Waals surface area (Å²) in [4.78, 5) is 4.39. The summed E-state index contributed by atoms with van der Waals surface area (Å²) in [5.41, 5.74) is 0. The minimum atomic E-state index is -3.13. The van der Waals surface area contributed by atoms with Gasteiger partial charge in [0.25, 0.3) is 0 Å². The summed E-state index contributed by atoms with van der Waals surface area (Å²) in [5.74, 6) is 2.09. The fraction of sp³-hybridized carbons (Fsp3) is 0.857. The van der Waals surface area contributed by atoms with Crippen LogP contribution in [0.3, 0.4) is 0 Å². The van der Waals surface area contributed by atoms with Gasteiger partial charge < -0.3 is 9.26 Å². The second kappa shape index (κ2) is 6.64.